The number of aliphatic hydroxyl groups is 1. The molecule has 0 radical (unpaired) electrons. The summed E-state index contributed by atoms with van der Waals surface area (Å²) in [5, 5.41) is 9.56. The van der Waals surface area contributed by atoms with E-state index < -0.39 is 11.9 Å². The Morgan fingerprint density at radius 1 is 0.759 bits per heavy atom. The largest absolute Gasteiger partial charge is 0.488 e. The zero-order valence-electron chi connectivity index (χ0n) is 15.8. The fourth-order valence-corrected chi connectivity index (χ4v) is 2.64. The van der Waals surface area contributed by atoms with Crippen molar-refractivity contribution in [3.63, 3.8) is 0 Å². The first kappa shape index (κ1) is 21.0. The average Bonchev–Trinajstić information content (AvgIpc) is 2.77. The van der Waals surface area contributed by atoms with Gasteiger partial charge in [0.1, 0.15) is 25.9 Å². The molecule has 1 unspecified atom stereocenters. The van der Waals surface area contributed by atoms with E-state index >= 15 is 0 Å². The number of hydrogen-bond donors (Lipinski definition) is 1. The van der Waals surface area contributed by atoms with Crippen molar-refractivity contribution in [2.75, 3.05) is 12.5 Å². The number of halogens is 2. The first-order valence-corrected chi connectivity index (χ1v) is 9.73. The Morgan fingerprint density at radius 3 is 1.79 bits per heavy atom. The smallest absolute Gasteiger partial charge is 0.169 e. The second-order valence-corrected chi connectivity index (χ2v) is 6.71. The summed E-state index contributed by atoms with van der Waals surface area (Å²) in [6, 6.07) is 21.9. The van der Waals surface area contributed by atoms with Crippen LogP contribution in [0.25, 0.3) is 0 Å². The van der Waals surface area contributed by atoms with Crippen LogP contribution in [0, 0.1) is 5.82 Å². The van der Waals surface area contributed by atoms with Crippen molar-refractivity contribution in [1.29, 1.82) is 0 Å². The molecule has 6 heteroatoms. The molecule has 0 saturated carbocycles. The van der Waals surface area contributed by atoms with E-state index in [-0.39, 0.29) is 37.2 Å². The lowest BCUT2D eigenvalue weighted by molar-refractivity contribution is 0.122. The van der Waals surface area contributed by atoms with E-state index in [1.807, 2.05) is 60.7 Å². The second kappa shape index (κ2) is 10.7. The van der Waals surface area contributed by atoms with Crippen LogP contribution in [-0.4, -0.2) is 23.7 Å². The Bertz CT molecular complexity index is 890. The van der Waals surface area contributed by atoms with Gasteiger partial charge in [0, 0.05) is 12.1 Å². The minimum absolute atomic E-state index is 0.00272. The maximum Gasteiger partial charge on any atom is 0.169 e. The Labute approximate surface area is 174 Å². The molecule has 3 aromatic carbocycles. The second-order valence-electron chi connectivity index (χ2n) is 6.40. The zero-order valence-corrected chi connectivity index (χ0v) is 16.5. The van der Waals surface area contributed by atoms with Crippen LogP contribution >= 0.6 is 11.6 Å². The topological polar surface area (TPSA) is 47.9 Å². The Balaban J connectivity index is 1.78. The van der Waals surface area contributed by atoms with Gasteiger partial charge in [-0.05, 0) is 11.1 Å². The molecule has 0 fully saturated rings. The molecule has 0 aromatic heterocycles. The highest BCUT2D eigenvalue weighted by Gasteiger charge is 2.15. The average molecular weight is 417 g/mol. The van der Waals surface area contributed by atoms with Crippen LogP contribution in [0.1, 0.15) is 11.1 Å². The van der Waals surface area contributed by atoms with Gasteiger partial charge in [-0.15, -0.1) is 11.6 Å². The summed E-state index contributed by atoms with van der Waals surface area (Å²) in [5.41, 5.74) is 1.92. The first-order valence-electron chi connectivity index (χ1n) is 9.19. The standard InChI is InChI=1S/C23H22ClFO4/c24-13-19(26)16-29-21-12-23(28-15-18-9-5-2-6-10-18)22(11-20(21)25)27-14-17-7-3-1-4-8-17/h1-12,19,26H,13-16H2. The molecule has 0 amide bonds. The Hall–Kier alpha value is -2.76. The Morgan fingerprint density at radius 2 is 1.28 bits per heavy atom. The number of aliphatic hydroxyl groups excluding tert-OH is 1. The minimum Gasteiger partial charge on any atom is -0.488 e. The van der Waals surface area contributed by atoms with Crippen molar-refractivity contribution < 1.29 is 23.7 Å². The molecule has 3 aromatic rings. The molecule has 0 aliphatic rings. The van der Waals surface area contributed by atoms with Crippen LogP contribution in [0.15, 0.2) is 72.8 Å². The van der Waals surface area contributed by atoms with Crippen molar-refractivity contribution >= 4 is 11.6 Å². The molecule has 0 aliphatic carbocycles. The van der Waals surface area contributed by atoms with Gasteiger partial charge in [-0.2, -0.15) is 0 Å². The molecule has 29 heavy (non-hydrogen) atoms. The van der Waals surface area contributed by atoms with Gasteiger partial charge in [0.25, 0.3) is 0 Å². The number of benzene rings is 3. The van der Waals surface area contributed by atoms with Gasteiger partial charge in [-0.25, -0.2) is 4.39 Å². The van der Waals surface area contributed by atoms with Gasteiger partial charge >= 0.3 is 0 Å². The lowest BCUT2D eigenvalue weighted by Gasteiger charge is -2.16. The normalized spacial score (nSPS) is 11.7. The van der Waals surface area contributed by atoms with Crippen molar-refractivity contribution in [1.82, 2.24) is 0 Å². The molecule has 0 aliphatic heterocycles. The molecule has 0 bridgehead atoms. The highest BCUT2D eigenvalue weighted by Crippen LogP contribution is 2.35. The number of ether oxygens (including phenoxy) is 3. The summed E-state index contributed by atoms with van der Waals surface area (Å²) in [7, 11) is 0. The monoisotopic (exact) mass is 416 g/mol. The Kier molecular flexibility index (Phi) is 7.73. The minimum atomic E-state index is -0.890. The van der Waals surface area contributed by atoms with Gasteiger partial charge < -0.3 is 19.3 Å². The summed E-state index contributed by atoms with van der Waals surface area (Å²) in [4.78, 5) is 0. The third-order valence-corrected chi connectivity index (χ3v) is 4.44. The molecular weight excluding hydrogens is 395 g/mol. The van der Waals surface area contributed by atoms with Gasteiger partial charge in [-0.1, -0.05) is 60.7 Å². The lowest BCUT2D eigenvalue weighted by atomic mass is 10.2. The third kappa shape index (κ3) is 6.38. The van der Waals surface area contributed by atoms with E-state index in [4.69, 9.17) is 25.8 Å². The van der Waals surface area contributed by atoms with Crippen LogP contribution in [0.2, 0.25) is 0 Å². The van der Waals surface area contributed by atoms with E-state index in [2.05, 4.69) is 0 Å². The van der Waals surface area contributed by atoms with E-state index in [1.165, 1.54) is 12.1 Å². The third-order valence-electron chi connectivity index (χ3n) is 4.08. The van der Waals surface area contributed by atoms with Crippen molar-refractivity contribution in [2.24, 2.45) is 0 Å². The molecule has 4 nitrogen and oxygen atoms in total. The zero-order chi connectivity index (χ0) is 20.5. The van der Waals surface area contributed by atoms with Crippen LogP contribution < -0.4 is 14.2 Å². The number of alkyl halides is 1. The number of hydrogen-bond acceptors (Lipinski definition) is 4. The van der Waals surface area contributed by atoms with Crippen LogP contribution in [0.3, 0.4) is 0 Å². The van der Waals surface area contributed by atoms with Crippen molar-refractivity contribution in [3.05, 3.63) is 89.7 Å². The molecule has 0 saturated heterocycles. The van der Waals surface area contributed by atoms with Crippen LogP contribution in [-0.2, 0) is 13.2 Å². The highest BCUT2D eigenvalue weighted by molar-refractivity contribution is 6.18. The van der Waals surface area contributed by atoms with Crippen molar-refractivity contribution in [3.8, 4) is 17.2 Å². The predicted molar refractivity (Wildman–Crippen MR) is 110 cm³/mol. The maximum atomic E-state index is 14.5. The summed E-state index contributed by atoms with van der Waals surface area (Å²) in [6.45, 7) is 0.438. The first-order chi connectivity index (χ1) is 14.2. The van der Waals surface area contributed by atoms with Crippen LogP contribution in [0.5, 0.6) is 17.2 Å². The molecule has 3 rings (SSSR count). The van der Waals surface area contributed by atoms with Crippen LogP contribution in [0.4, 0.5) is 4.39 Å². The molecule has 1 N–H and O–H groups in total. The molecular formula is C23H22ClFO4. The van der Waals surface area contributed by atoms with E-state index in [0.717, 1.165) is 11.1 Å². The number of rotatable bonds is 10. The fourth-order valence-electron chi connectivity index (χ4n) is 2.55. The van der Waals surface area contributed by atoms with E-state index in [1.54, 1.807) is 0 Å². The lowest BCUT2D eigenvalue weighted by Crippen LogP contribution is -2.19. The quantitative estimate of drug-likeness (QED) is 0.474. The summed E-state index contributed by atoms with van der Waals surface area (Å²) < 4.78 is 31.5. The highest BCUT2D eigenvalue weighted by atomic mass is 35.5. The predicted octanol–water partition coefficient (Wildman–Crippen LogP) is 4.96. The SMILES string of the molecule is OC(CCl)COc1cc(OCc2ccccc2)c(OCc2ccccc2)cc1F. The molecule has 0 heterocycles. The van der Waals surface area contributed by atoms with Gasteiger partial charge in [0.15, 0.2) is 23.1 Å². The molecule has 152 valence electrons. The van der Waals surface area contributed by atoms with Crippen molar-refractivity contribution in [2.45, 2.75) is 19.3 Å². The van der Waals surface area contributed by atoms with E-state index in [9.17, 15) is 9.50 Å². The summed E-state index contributed by atoms with van der Waals surface area (Å²) in [5.74, 6) is -0.0303. The molecule has 1 atom stereocenters. The summed E-state index contributed by atoms with van der Waals surface area (Å²) in [6.07, 6.45) is -0.890. The van der Waals surface area contributed by atoms with Gasteiger partial charge in [0.05, 0.1) is 5.88 Å². The van der Waals surface area contributed by atoms with E-state index in [0.29, 0.717) is 5.75 Å². The fraction of sp³-hybridized carbons (Fsp3) is 0.217. The van der Waals surface area contributed by atoms with Gasteiger partial charge in [-0.3, -0.25) is 0 Å². The summed E-state index contributed by atoms with van der Waals surface area (Å²) >= 11 is 5.56. The van der Waals surface area contributed by atoms with Gasteiger partial charge in [0.2, 0.25) is 0 Å². The maximum absolute atomic E-state index is 14.5. The molecule has 0 spiro atoms.